The molecule has 2 aromatic carbocycles. The van der Waals surface area contributed by atoms with Crippen molar-refractivity contribution in [2.24, 2.45) is 0 Å². The van der Waals surface area contributed by atoms with Crippen LogP contribution < -0.4 is 4.74 Å². The molecule has 5 aromatic rings. The molecule has 0 saturated heterocycles. The third kappa shape index (κ3) is 4.16. The van der Waals surface area contributed by atoms with Crippen molar-refractivity contribution in [3.8, 4) is 17.3 Å². The fourth-order valence-corrected chi connectivity index (χ4v) is 4.20. The van der Waals surface area contributed by atoms with Crippen LogP contribution in [0, 0.1) is 0 Å². The summed E-state index contributed by atoms with van der Waals surface area (Å²) in [7, 11) is 0. The molecule has 0 fully saturated rings. The van der Waals surface area contributed by atoms with E-state index in [-0.39, 0.29) is 17.4 Å². The lowest BCUT2D eigenvalue weighted by Gasteiger charge is -2.08. The van der Waals surface area contributed by atoms with Gasteiger partial charge in [-0.2, -0.15) is 0 Å². The Balaban J connectivity index is 1.61. The van der Waals surface area contributed by atoms with Gasteiger partial charge >= 0.3 is 0 Å². The van der Waals surface area contributed by atoms with Crippen LogP contribution in [0.1, 0.15) is 28.6 Å². The fraction of sp³-hybridized carbons (Fsp3) is 0.120. The van der Waals surface area contributed by atoms with E-state index >= 15 is 0 Å². The molecule has 0 aliphatic carbocycles. The van der Waals surface area contributed by atoms with Crippen molar-refractivity contribution in [2.75, 3.05) is 6.61 Å². The molecule has 0 radical (unpaired) electrons. The molecule has 5 rings (SSSR count). The van der Waals surface area contributed by atoms with Crippen molar-refractivity contribution >= 4 is 39.9 Å². The zero-order valence-electron chi connectivity index (χ0n) is 18.0. The molecule has 34 heavy (non-hydrogen) atoms. The molecule has 170 valence electrons. The summed E-state index contributed by atoms with van der Waals surface area (Å²) in [4.78, 5) is 25.8. The molecule has 0 N–H and O–H groups in total. The Labute approximate surface area is 204 Å². The minimum Gasteiger partial charge on any atom is -0.494 e. The van der Waals surface area contributed by atoms with Crippen LogP contribution in [-0.2, 0) is 6.54 Å². The molecule has 0 bridgehead atoms. The minimum atomic E-state index is -0.383. The summed E-state index contributed by atoms with van der Waals surface area (Å²) in [5.74, 6) is 0.541. The number of hydrogen-bond donors (Lipinski definition) is 0. The van der Waals surface area contributed by atoms with Gasteiger partial charge in [-0.25, -0.2) is 15.0 Å². The molecular weight excluding hydrogens is 475 g/mol. The standard InChI is InChI=1S/C25H18Cl2N4O3/c1-2-33-17-7-8-20-18(11-17)22(24(27)31(20)13-15-3-5-16(26)6-4-15)23(32)21-12-29-25(34-21)19-9-10-28-14-30-19/h3-12,14H,2,13H2,1H3. The number of ketones is 1. The van der Waals surface area contributed by atoms with Crippen LogP contribution in [0.15, 0.2) is 71.7 Å². The second-order valence-electron chi connectivity index (χ2n) is 7.44. The van der Waals surface area contributed by atoms with E-state index in [1.807, 2.05) is 54.0 Å². The van der Waals surface area contributed by atoms with Gasteiger partial charge in [-0.05, 0) is 48.9 Å². The number of rotatable bonds is 7. The molecule has 3 aromatic heterocycles. The lowest BCUT2D eigenvalue weighted by Crippen LogP contribution is -2.03. The molecule has 0 spiro atoms. The first-order chi connectivity index (χ1) is 16.5. The largest absolute Gasteiger partial charge is 0.494 e. The molecule has 0 aliphatic heterocycles. The van der Waals surface area contributed by atoms with E-state index in [4.69, 9.17) is 32.4 Å². The van der Waals surface area contributed by atoms with Gasteiger partial charge in [0.2, 0.25) is 11.7 Å². The maximum atomic E-state index is 13.6. The van der Waals surface area contributed by atoms with E-state index in [1.165, 1.54) is 12.5 Å². The quantitative estimate of drug-likeness (QED) is 0.256. The van der Waals surface area contributed by atoms with Crippen molar-refractivity contribution in [3.05, 3.63) is 94.3 Å². The van der Waals surface area contributed by atoms with Gasteiger partial charge in [-0.3, -0.25) is 4.79 Å². The van der Waals surface area contributed by atoms with Gasteiger partial charge < -0.3 is 13.7 Å². The van der Waals surface area contributed by atoms with Crippen molar-refractivity contribution in [2.45, 2.75) is 13.5 Å². The Bertz CT molecular complexity index is 1480. The average Bonchev–Trinajstić information content (AvgIpc) is 3.45. The molecule has 3 heterocycles. The molecular formula is C25H18Cl2N4O3. The van der Waals surface area contributed by atoms with Crippen LogP contribution >= 0.6 is 23.2 Å². The number of aromatic nitrogens is 4. The Kier molecular flexibility index (Phi) is 6.04. The van der Waals surface area contributed by atoms with Crippen molar-refractivity contribution in [3.63, 3.8) is 0 Å². The lowest BCUT2D eigenvalue weighted by molar-refractivity contribution is 0.101. The summed E-state index contributed by atoms with van der Waals surface area (Å²) in [6, 6.07) is 14.7. The maximum Gasteiger partial charge on any atom is 0.245 e. The van der Waals surface area contributed by atoms with Crippen LogP contribution in [0.5, 0.6) is 5.75 Å². The predicted molar refractivity (Wildman–Crippen MR) is 130 cm³/mol. The van der Waals surface area contributed by atoms with E-state index in [2.05, 4.69) is 15.0 Å². The van der Waals surface area contributed by atoms with Gasteiger partial charge in [0.25, 0.3) is 0 Å². The fourth-order valence-electron chi connectivity index (χ4n) is 3.74. The number of ether oxygens (including phenoxy) is 1. The first kappa shape index (κ1) is 22.1. The summed E-state index contributed by atoms with van der Waals surface area (Å²) < 4.78 is 13.3. The highest BCUT2D eigenvalue weighted by Crippen LogP contribution is 2.35. The Hall–Kier alpha value is -3.68. The van der Waals surface area contributed by atoms with Gasteiger partial charge in [-0.1, -0.05) is 35.3 Å². The monoisotopic (exact) mass is 492 g/mol. The molecule has 0 atom stereocenters. The second kappa shape index (κ2) is 9.29. The van der Waals surface area contributed by atoms with Gasteiger partial charge in [0, 0.05) is 23.2 Å². The van der Waals surface area contributed by atoms with Crippen LogP contribution in [0.2, 0.25) is 10.2 Å². The minimum absolute atomic E-state index is 0.0582. The smallest absolute Gasteiger partial charge is 0.245 e. The highest BCUT2D eigenvalue weighted by atomic mass is 35.5. The van der Waals surface area contributed by atoms with Gasteiger partial charge in [0.1, 0.15) is 22.9 Å². The Morgan fingerprint density at radius 1 is 1.09 bits per heavy atom. The summed E-state index contributed by atoms with van der Waals surface area (Å²) in [5.41, 5.74) is 2.57. The first-order valence-electron chi connectivity index (χ1n) is 10.5. The molecule has 7 nitrogen and oxygen atoms in total. The van der Waals surface area contributed by atoms with Crippen molar-refractivity contribution in [1.82, 2.24) is 19.5 Å². The Morgan fingerprint density at radius 2 is 1.91 bits per heavy atom. The van der Waals surface area contributed by atoms with Crippen molar-refractivity contribution < 1.29 is 13.9 Å². The zero-order valence-corrected chi connectivity index (χ0v) is 19.5. The number of hydrogen-bond acceptors (Lipinski definition) is 6. The van der Waals surface area contributed by atoms with Crippen LogP contribution in [0.3, 0.4) is 0 Å². The van der Waals surface area contributed by atoms with E-state index in [1.54, 1.807) is 12.3 Å². The maximum absolute atomic E-state index is 13.6. The summed E-state index contributed by atoms with van der Waals surface area (Å²) in [5, 5.41) is 1.60. The van der Waals surface area contributed by atoms with E-state index < -0.39 is 0 Å². The van der Waals surface area contributed by atoms with E-state index in [0.29, 0.717) is 45.7 Å². The normalized spacial score (nSPS) is 11.1. The van der Waals surface area contributed by atoms with E-state index in [0.717, 1.165) is 11.1 Å². The highest BCUT2D eigenvalue weighted by Gasteiger charge is 2.26. The second-order valence-corrected chi connectivity index (χ2v) is 8.24. The van der Waals surface area contributed by atoms with Gasteiger partial charge in [-0.15, -0.1) is 0 Å². The van der Waals surface area contributed by atoms with Crippen LogP contribution in [-0.4, -0.2) is 31.9 Å². The summed E-state index contributed by atoms with van der Waals surface area (Å²) in [6.07, 6.45) is 4.34. The van der Waals surface area contributed by atoms with Crippen molar-refractivity contribution in [1.29, 1.82) is 0 Å². The first-order valence-corrected chi connectivity index (χ1v) is 11.3. The number of carbonyl (C=O) groups is 1. The SMILES string of the molecule is CCOc1ccc2c(c1)c(C(=O)c1cnc(-c3ccncn3)o1)c(Cl)n2Cc1ccc(Cl)cc1. The number of oxazole rings is 1. The number of fused-ring (bicyclic) bond motifs is 1. The van der Waals surface area contributed by atoms with E-state index in [9.17, 15) is 4.79 Å². The summed E-state index contributed by atoms with van der Waals surface area (Å²) >= 11 is 12.9. The van der Waals surface area contributed by atoms with Gasteiger partial charge in [0.05, 0.1) is 23.9 Å². The topological polar surface area (TPSA) is 83.0 Å². The number of benzene rings is 2. The number of nitrogens with zero attached hydrogens (tertiary/aromatic N) is 4. The predicted octanol–water partition coefficient (Wildman–Crippen LogP) is 6.07. The summed E-state index contributed by atoms with van der Waals surface area (Å²) in [6.45, 7) is 2.85. The Morgan fingerprint density at radius 3 is 2.65 bits per heavy atom. The number of carbonyl (C=O) groups excluding carboxylic acids is 1. The van der Waals surface area contributed by atoms with Crippen LogP contribution in [0.4, 0.5) is 0 Å². The molecule has 0 aliphatic rings. The van der Waals surface area contributed by atoms with Gasteiger partial charge in [0.15, 0.2) is 5.76 Å². The third-order valence-corrected chi connectivity index (χ3v) is 5.94. The molecule has 0 amide bonds. The molecule has 0 unspecified atom stereocenters. The highest BCUT2D eigenvalue weighted by molar-refractivity contribution is 6.37. The lowest BCUT2D eigenvalue weighted by atomic mass is 10.1. The number of halogens is 2. The third-order valence-electron chi connectivity index (χ3n) is 5.29. The van der Waals surface area contributed by atoms with Crippen LogP contribution in [0.25, 0.3) is 22.5 Å². The zero-order chi connectivity index (χ0) is 23.7. The molecule has 0 saturated carbocycles. The average molecular weight is 493 g/mol. The molecule has 9 heteroatoms.